The molecule has 0 aliphatic heterocycles. The lowest BCUT2D eigenvalue weighted by molar-refractivity contribution is 0.255. The summed E-state index contributed by atoms with van der Waals surface area (Å²) in [5.74, 6) is 0. The molecule has 2 amide bonds. The van der Waals surface area contributed by atoms with Crippen LogP contribution in [0.3, 0.4) is 0 Å². The van der Waals surface area contributed by atoms with Crippen LogP contribution in [-0.2, 0) is 0 Å². The molecule has 64 valence electrons. The zero-order chi connectivity index (χ0) is 9.14. The lowest BCUT2D eigenvalue weighted by Gasteiger charge is -2.12. The first kappa shape index (κ1) is 8.80. The highest BCUT2D eigenvalue weighted by Gasteiger charge is 2.05. The summed E-state index contributed by atoms with van der Waals surface area (Å²) in [6, 6.07) is 2.73. The van der Waals surface area contributed by atoms with E-state index in [0.29, 0.717) is 10.8 Å². The summed E-state index contributed by atoms with van der Waals surface area (Å²) in [7, 11) is 1.56. The molecule has 0 radical (unpaired) electrons. The second-order valence-corrected chi connectivity index (χ2v) is 2.62. The number of carbonyl (C=O) groups is 1. The predicted molar refractivity (Wildman–Crippen MR) is 47.2 cm³/mol. The average Bonchev–Trinajstić information content (AvgIpc) is 2.04. The Hall–Kier alpha value is -1.29. The number of halogens is 1. The number of pyridine rings is 1. The number of hydrogen-bond acceptors (Lipinski definition) is 2. The van der Waals surface area contributed by atoms with Crippen molar-refractivity contribution in [3.63, 3.8) is 0 Å². The number of nitrogens with zero attached hydrogens (tertiary/aromatic N) is 2. The minimum atomic E-state index is -0.529. The predicted octanol–water partition coefficient (Wildman–Crippen LogP) is 1.25. The van der Waals surface area contributed by atoms with Crippen LogP contribution in [0.1, 0.15) is 0 Å². The molecule has 1 heterocycles. The van der Waals surface area contributed by atoms with Gasteiger partial charge in [-0.25, -0.2) is 9.78 Å². The van der Waals surface area contributed by atoms with Crippen LogP contribution in [0.5, 0.6) is 0 Å². The molecule has 0 aromatic carbocycles. The number of hydrogen-bond donors (Lipinski definition) is 1. The van der Waals surface area contributed by atoms with E-state index < -0.39 is 6.03 Å². The first-order valence-corrected chi connectivity index (χ1v) is 3.64. The molecule has 1 aromatic rings. The summed E-state index contributed by atoms with van der Waals surface area (Å²) in [4.78, 5) is 15.8. The van der Waals surface area contributed by atoms with Gasteiger partial charge in [0.2, 0.25) is 0 Å². The summed E-state index contributed by atoms with van der Waals surface area (Å²) in [5.41, 5.74) is 5.65. The molecule has 0 aliphatic carbocycles. The third-order valence-electron chi connectivity index (χ3n) is 1.43. The molecule has 0 aliphatic rings. The standard InChI is InChI=1S/C7H8ClN3O/c1-11(7(9)12)5-2-3-6(8)10-4-5/h2-4H,1H3,(H2,9,12). The quantitative estimate of drug-likeness (QED) is 0.670. The van der Waals surface area contributed by atoms with Gasteiger partial charge in [-0.15, -0.1) is 0 Å². The van der Waals surface area contributed by atoms with Crippen molar-refractivity contribution in [2.75, 3.05) is 11.9 Å². The maximum absolute atomic E-state index is 10.7. The number of aromatic nitrogens is 1. The Morgan fingerprint density at radius 1 is 1.67 bits per heavy atom. The van der Waals surface area contributed by atoms with E-state index in [-0.39, 0.29) is 0 Å². The molecule has 1 rings (SSSR count). The fraction of sp³-hybridized carbons (Fsp3) is 0.143. The maximum atomic E-state index is 10.7. The van der Waals surface area contributed by atoms with E-state index in [2.05, 4.69) is 4.98 Å². The first-order valence-electron chi connectivity index (χ1n) is 3.26. The van der Waals surface area contributed by atoms with Gasteiger partial charge in [0.05, 0.1) is 11.9 Å². The highest BCUT2D eigenvalue weighted by molar-refractivity contribution is 6.29. The number of nitrogens with two attached hydrogens (primary N) is 1. The van der Waals surface area contributed by atoms with Gasteiger partial charge in [0, 0.05) is 7.05 Å². The van der Waals surface area contributed by atoms with Crippen molar-refractivity contribution < 1.29 is 4.79 Å². The van der Waals surface area contributed by atoms with Crippen molar-refractivity contribution in [3.05, 3.63) is 23.5 Å². The molecular formula is C7H8ClN3O. The molecule has 0 fully saturated rings. The third-order valence-corrected chi connectivity index (χ3v) is 1.65. The smallest absolute Gasteiger partial charge is 0.319 e. The third kappa shape index (κ3) is 1.85. The molecule has 0 atom stereocenters. The van der Waals surface area contributed by atoms with E-state index >= 15 is 0 Å². The summed E-state index contributed by atoms with van der Waals surface area (Å²) < 4.78 is 0. The van der Waals surface area contributed by atoms with Crippen LogP contribution in [0.4, 0.5) is 10.5 Å². The number of rotatable bonds is 1. The molecule has 0 saturated heterocycles. The normalized spacial score (nSPS) is 9.50. The van der Waals surface area contributed by atoms with Crippen molar-refractivity contribution >= 4 is 23.3 Å². The van der Waals surface area contributed by atoms with Crippen molar-refractivity contribution in [1.82, 2.24) is 4.98 Å². The Bertz CT molecular complexity index is 285. The molecule has 1 aromatic heterocycles. The van der Waals surface area contributed by atoms with Crippen LogP contribution in [0.2, 0.25) is 5.15 Å². The van der Waals surface area contributed by atoms with Crippen LogP contribution in [0, 0.1) is 0 Å². The van der Waals surface area contributed by atoms with Crippen LogP contribution >= 0.6 is 11.6 Å². The summed E-state index contributed by atoms with van der Waals surface area (Å²) in [6.07, 6.45) is 1.48. The zero-order valence-corrected chi connectivity index (χ0v) is 7.25. The Morgan fingerprint density at radius 3 is 2.75 bits per heavy atom. The van der Waals surface area contributed by atoms with Crippen LogP contribution < -0.4 is 10.6 Å². The summed E-state index contributed by atoms with van der Waals surface area (Å²) in [6.45, 7) is 0. The first-order chi connectivity index (χ1) is 5.61. The van der Waals surface area contributed by atoms with E-state index in [4.69, 9.17) is 17.3 Å². The highest BCUT2D eigenvalue weighted by atomic mass is 35.5. The van der Waals surface area contributed by atoms with Gasteiger partial charge in [0.1, 0.15) is 5.15 Å². The van der Waals surface area contributed by atoms with Crippen molar-refractivity contribution in [1.29, 1.82) is 0 Å². The van der Waals surface area contributed by atoms with E-state index in [1.165, 1.54) is 11.1 Å². The molecule has 0 unspecified atom stereocenters. The van der Waals surface area contributed by atoms with Gasteiger partial charge in [-0.2, -0.15) is 0 Å². The van der Waals surface area contributed by atoms with Crippen molar-refractivity contribution in [3.8, 4) is 0 Å². The molecule has 5 heteroatoms. The van der Waals surface area contributed by atoms with Gasteiger partial charge in [0.15, 0.2) is 0 Å². The second kappa shape index (κ2) is 3.40. The number of carbonyl (C=O) groups excluding carboxylic acids is 1. The minimum absolute atomic E-state index is 0.386. The van der Waals surface area contributed by atoms with E-state index in [0.717, 1.165) is 0 Å². The Labute approximate surface area is 74.9 Å². The van der Waals surface area contributed by atoms with Crippen LogP contribution in [0.25, 0.3) is 0 Å². The Balaban J connectivity index is 2.89. The minimum Gasteiger partial charge on any atom is -0.351 e. The fourth-order valence-electron chi connectivity index (χ4n) is 0.694. The SMILES string of the molecule is CN(C(N)=O)c1ccc(Cl)nc1. The summed E-state index contributed by atoms with van der Waals surface area (Å²) in [5, 5.41) is 0.386. The summed E-state index contributed by atoms with van der Waals surface area (Å²) >= 11 is 5.55. The molecular weight excluding hydrogens is 178 g/mol. The lowest BCUT2D eigenvalue weighted by atomic mass is 10.4. The van der Waals surface area contributed by atoms with Crippen LogP contribution in [-0.4, -0.2) is 18.1 Å². The maximum Gasteiger partial charge on any atom is 0.319 e. The topological polar surface area (TPSA) is 59.2 Å². The Morgan fingerprint density at radius 2 is 2.33 bits per heavy atom. The average molecular weight is 186 g/mol. The molecule has 4 nitrogen and oxygen atoms in total. The van der Waals surface area contributed by atoms with Crippen LogP contribution in [0.15, 0.2) is 18.3 Å². The number of anilines is 1. The number of urea groups is 1. The Kier molecular flexibility index (Phi) is 2.50. The van der Waals surface area contributed by atoms with Crippen molar-refractivity contribution in [2.45, 2.75) is 0 Å². The number of amides is 2. The second-order valence-electron chi connectivity index (χ2n) is 2.24. The van der Waals surface area contributed by atoms with Gasteiger partial charge in [-0.3, -0.25) is 4.90 Å². The van der Waals surface area contributed by atoms with Crippen molar-refractivity contribution in [2.24, 2.45) is 5.73 Å². The molecule has 0 bridgehead atoms. The van der Waals surface area contributed by atoms with Gasteiger partial charge in [0.25, 0.3) is 0 Å². The molecule has 0 spiro atoms. The van der Waals surface area contributed by atoms with Gasteiger partial charge in [-0.05, 0) is 12.1 Å². The molecule has 0 saturated carbocycles. The fourth-order valence-corrected chi connectivity index (χ4v) is 0.805. The molecule has 12 heavy (non-hydrogen) atoms. The van der Waals surface area contributed by atoms with Gasteiger partial charge < -0.3 is 5.73 Å². The monoisotopic (exact) mass is 185 g/mol. The van der Waals surface area contributed by atoms with E-state index in [1.807, 2.05) is 0 Å². The molecule has 2 N–H and O–H groups in total. The van der Waals surface area contributed by atoms with E-state index in [9.17, 15) is 4.79 Å². The van der Waals surface area contributed by atoms with E-state index in [1.54, 1.807) is 19.2 Å². The number of primary amides is 1. The highest BCUT2D eigenvalue weighted by Crippen LogP contribution is 2.12. The zero-order valence-electron chi connectivity index (χ0n) is 6.49. The largest absolute Gasteiger partial charge is 0.351 e. The lowest BCUT2D eigenvalue weighted by Crippen LogP contribution is -2.31. The van der Waals surface area contributed by atoms with Gasteiger partial charge in [-0.1, -0.05) is 11.6 Å². The van der Waals surface area contributed by atoms with Gasteiger partial charge >= 0.3 is 6.03 Å².